The second-order valence-corrected chi connectivity index (χ2v) is 7.24. The first-order valence-electron chi connectivity index (χ1n) is 8.70. The van der Waals surface area contributed by atoms with Crippen LogP contribution < -0.4 is 11.1 Å². The number of amides is 3. The Morgan fingerprint density at radius 3 is 2.48 bits per heavy atom. The van der Waals surface area contributed by atoms with Crippen LogP contribution in [0.1, 0.15) is 29.9 Å². The highest BCUT2D eigenvalue weighted by Crippen LogP contribution is 2.31. The summed E-state index contributed by atoms with van der Waals surface area (Å²) in [7, 11) is 0. The maximum absolute atomic E-state index is 13.6. The molecule has 3 N–H and O–H groups in total. The summed E-state index contributed by atoms with van der Waals surface area (Å²) in [5.41, 5.74) is 3.82. The Labute approximate surface area is 163 Å². The quantitative estimate of drug-likeness (QED) is 0.758. The fourth-order valence-electron chi connectivity index (χ4n) is 3.01. The molecular weight excluding hydrogens is 394 g/mol. The summed E-state index contributed by atoms with van der Waals surface area (Å²) in [5, 5.41) is 6.26. The predicted molar refractivity (Wildman–Crippen MR) is 95.2 cm³/mol. The van der Waals surface area contributed by atoms with Crippen molar-refractivity contribution in [1.82, 2.24) is 20.0 Å². The number of carbonyl (C=O) groups is 2. The lowest BCUT2D eigenvalue weighted by molar-refractivity contribution is -0.182. The van der Waals surface area contributed by atoms with Gasteiger partial charge in [-0.1, -0.05) is 12.1 Å². The largest absolute Gasteiger partial charge is 0.411 e. The molecule has 29 heavy (non-hydrogen) atoms. The molecule has 3 amide bonds. The molecule has 0 fully saturated rings. The molecule has 0 saturated carbocycles. The van der Waals surface area contributed by atoms with E-state index in [1.165, 1.54) is 22.9 Å². The van der Waals surface area contributed by atoms with E-state index in [-0.39, 0.29) is 36.6 Å². The van der Waals surface area contributed by atoms with Crippen molar-refractivity contribution in [3.05, 3.63) is 41.3 Å². The van der Waals surface area contributed by atoms with E-state index >= 15 is 0 Å². The number of urea groups is 1. The third kappa shape index (κ3) is 3.89. The molecular formula is C18H19F4N5O2. The van der Waals surface area contributed by atoms with Gasteiger partial charge >= 0.3 is 12.2 Å². The van der Waals surface area contributed by atoms with E-state index in [1.54, 1.807) is 6.07 Å². The van der Waals surface area contributed by atoms with E-state index < -0.39 is 29.5 Å². The molecule has 1 aromatic carbocycles. The minimum absolute atomic E-state index is 0.00295. The Morgan fingerprint density at radius 2 is 1.90 bits per heavy atom. The Morgan fingerprint density at radius 1 is 1.21 bits per heavy atom. The van der Waals surface area contributed by atoms with Gasteiger partial charge in [-0.2, -0.15) is 18.3 Å². The second kappa shape index (κ2) is 7.05. The van der Waals surface area contributed by atoms with Crippen LogP contribution in [0.5, 0.6) is 0 Å². The van der Waals surface area contributed by atoms with Crippen molar-refractivity contribution < 1.29 is 27.2 Å². The summed E-state index contributed by atoms with van der Waals surface area (Å²) in [6.45, 7) is 1.77. The van der Waals surface area contributed by atoms with E-state index in [4.69, 9.17) is 5.73 Å². The highest BCUT2D eigenvalue weighted by atomic mass is 19.4. The molecule has 1 aliphatic rings. The van der Waals surface area contributed by atoms with Crippen LogP contribution in [0.3, 0.4) is 0 Å². The number of hydrogen-bond acceptors (Lipinski definition) is 3. The Hall–Kier alpha value is -3.11. The standard InChI is InChI=1S/C18H19F4N5O2/c1-17(2,18(20,21)22)24-16(29)26-6-7-27-12(9-26)13(15(23)28)14(25-27)10-4-3-5-11(19)8-10/h3-5,8H,6-7,9H2,1-2H3,(H2,23,28)(H,24,29). The fraction of sp³-hybridized carbons (Fsp3) is 0.389. The van der Waals surface area contributed by atoms with Gasteiger partial charge in [0.1, 0.15) is 17.1 Å². The number of carbonyl (C=O) groups excluding carboxylic acids is 2. The first-order chi connectivity index (χ1) is 13.4. The summed E-state index contributed by atoms with van der Waals surface area (Å²) in [6.07, 6.45) is -4.64. The number of primary amides is 1. The van der Waals surface area contributed by atoms with Gasteiger partial charge in [0.2, 0.25) is 0 Å². The molecule has 0 unspecified atom stereocenters. The molecule has 3 rings (SSSR count). The molecule has 0 spiro atoms. The minimum atomic E-state index is -4.64. The van der Waals surface area contributed by atoms with E-state index in [0.29, 0.717) is 5.56 Å². The third-order valence-corrected chi connectivity index (χ3v) is 4.74. The van der Waals surface area contributed by atoms with Gasteiger partial charge in [0.25, 0.3) is 5.91 Å². The summed E-state index contributed by atoms with van der Waals surface area (Å²) in [6, 6.07) is 4.50. The van der Waals surface area contributed by atoms with Gasteiger partial charge in [-0.05, 0) is 26.0 Å². The maximum atomic E-state index is 13.6. The van der Waals surface area contributed by atoms with Crippen molar-refractivity contribution in [3.8, 4) is 11.3 Å². The smallest absolute Gasteiger partial charge is 0.365 e. The first kappa shape index (κ1) is 20.6. The molecule has 11 heteroatoms. The SMILES string of the molecule is CC(C)(NC(=O)N1CCn2nc(-c3cccc(F)c3)c(C(N)=O)c2C1)C(F)(F)F. The molecule has 0 aliphatic carbocycles. The molecule has 1 aromatic heterocycles. The number of nitrogens with two attached hydrogens (primary N) is 1. The number of benzene rings is 1. The molecule has 0 atom stereocenters. The van der Waals surface area contributed by atoms with E-state index in [0.717, 1.165) is 18.7 Å². The number of halogens is 4. The van der Waals surface area contributed by atoms with Crippen LogP contribution in [0.15, 0.2) is 24.3 Å². The molecule has 1 aliphatic heterocycles. The van der Waals surface area contributed by atoms with Crippen LogP contribution in [-0.4, -0.2) is 44.9 Å². The van der Waals surface area contributed by atoms with Crippen molar-refractivity contribution in [1.29, 1.82) is 0 Å². The Kier molecular flexibility index (Phi) is 5.01. The number of hydrogen-bond donors (Lipinski definition) is 2. The summed E-state index contributed by atoms with van der Waals surface area (Å²) < 4.78 is 54.2. The second-order valence-electron chi connectivity index (χ2n) is 7.24. The first-order valence-corrected chi connectivity index (χ1v) is 8.70. The number of nitrogens with zero attached hydrogens (tertiary/aromatic N) is 3. The lowest BCUT2D eigenvalue weighted by Crippen LogP contribution is -2.58. The maximum Gasteiger partial charge on any atom is 0.411 e. The third-order valence-electron chi connectivity index (χ3n) is 4.74. The zero-order valence-corrected chi connectivity index (χ0v) is 15.7. The van der Waals surface area contributed by atoms with Crippen molar-refractivity contribution >= 4 is 11.9 Å². The zero-order valence-electron chi connectivity index (χ0n) is 15.7. The average molecular weight is 413 g/mol. The van der Waals surface area contributed by atoms with E-state index in [1.807, 2.05) is 5.32 Å². The highest BCUT2D eigenvalue weighted by molar-refractivity contribution is 6.00. The van der Waals surface area contributed by atoms with Gasteiger partial charge in [-0.15, -0.1) is 0 Å². The van der Waals surface area contributed by atoms with Crippen LogP contribution in [0.25, 0.3) is 11.3 Å². The van der Waals surface area contributed by atoms with Gasteiger partial charge in [0.05, 0.1) is 24.3 Å². The Balaban J connectivity index is 1.92. The Bertz CT molecular complexity index is 968. The van der Waals surface area contributed by atoms with Crippen LogP contribution >= 0.6 is 0 Å². The van der Waals surface area contributed by atoms with Crippen molar-refractivity contribution in [2.24, 2.45) is 5.73 Å². The van der Waals surface area contributed by atoms with Gasteiger partial charge in [0.15, 0.2) is 0 Å². The van der Waals surface area contributed by atoms with Crippen LogP contribution in [0, 0.1) is 5.82 Å². The molecule has 156 valence electrons. The van der Waals surface area contributed by atoms with Crippen LogP contribution in [0.4, 0.5) is 22.4 Å². The molecule has 0 bridgehead atoms. The lowest BCUT2D eigenvalue weighted by atomic mass is 10.0. The topological polar surface area (TPSA) is 93.2 Å². The number of rotatable bonds is 3. The van der Waals surface area contributed by atoms with E-state index in [2.05, 4.69) is 5.10 Å². The number of alkyl halides is 3. The van der Waals surface area contributed by atoms with Gasteiger partial charge < -0.3 is 16.0 Å². The van der Waals surface area contributed by atoms with Gasteiger partial charge in [-0.25, -0.2) is 9.18 Å². The lowest BCUT2D eigenvalue weighted by Gasteiger charge is -2.34. The van der Waals surface area contributed by atoms with E-state index in [9.17, 15) is 27.2 Å². The molecule has 7 nitrogen and oxygen atoms in total. The monoisotopic (exact) mass is 413 g/mol. The van der Waals surface area contributed by atoms with Gasteiger partial charge in [-0.3, -0.25) is 9.48 Å². The molecule has 2 aromatic rings. The molecule has 2 heterocycles. The number of aromatic nitrogens is 2. The number of nitrogens with one attached hydrogen (secondary N) is 1. The predicted octanol–water partition coefficient (Wildman–Crippen LogP) is 2.65. The van der Waals surface area contributed by atoms with Crippen LogP contribution in [-0.2, 0) is 13.1 Å². The van der Waals surface area contributed by atoms with Crippen molar-refractivity contribution in [2.75, 3.05) is 6.54 Å². The number of fused-ring (bicyclic) bond motifs is 1. The summed E-state index contributed by atoms with van der Waals surface area (Å²) in [5.74, 6) is -1.36. The van der Waals surface area contributed by atoms with Crippen molar-refractivity contribution in [2.45, 2.75) is 38.7 Å². The minimum Gasteiger partial charge on any atom is -0.365 e. The normalized spacial score (nSPS) is 14.5. The molecule has 0 saturated heterocycles. The van der Waals surface area contributed by atoms with Crippen molar-refractivity contribution in [3.63, 3.8) is 0 Å². The van der Waals surface area contributed by atoms with Gasteiger partial charge in [0, 0.05) is 12.1 Å². The van der Waals surface area contributed by atoms with Crippen LogP contribution in [0.2, 0.25) is 0 Å². The summed E-state index contributed by atoms with van der Waals surface area (Å²) in [4.78, 5) is 25.6. The fourth-order valence-corrected chi connectivity index (χ4v) is 3.01. The average Bonchev–Trinajstić information content (AvgIpc) is 2.99. The summed E-state index contributed by atoms with van der Waals surface area (Å²) >= 11 is 0. The highest BCUT2D eigenvalue weighted by Gasteiger charge is 2.49. The molecule has 0 radical (unpaired) electrons. The zero-order chi connectivity index (χ0) is 21.6.